The Kier molecular flexibility index (Phi) is 4.55. The highest BCUT2D eigenvalue weighted by atomic mass is 35.5. The first kappa shape index (κ1) is 15.8. The normalized spacial score (nSPS) is 11.2. The van der Waals surface area contributed by atoms with Gasteiger partial charge in [0.15, 0.2) is 0 Å². The Labute approximate surface area is 131 Å². The van der Waals surface area contributed by atoms with E-state index in [0.717, 1.165) is 12.1 Å². The number of benzene rings is 1. The monoisotopic (exact) mass is 349 g/mol. The van der Waals surface area contributed by atoms with Crippen molar-refractivity contribution < 1.29 is 12.8 Å². The number of hydrogen-bond donors (Lipinski definition) is 2. The fourth-order valence-corrected chi connectivity index (χ4v) is 3.55. The minimum absolute atomic E-state index is 0.0797. The van der Waals surface area contributed by atoms with Crippen LogP contribution >= 0.6 is 23.2 Å². The van der Waals surface area contributed by atoms with Gasteiger partial charge in [-0.3, -0.25) is 9.71 Å². The van der Waals surface area contributed by atoms with Crippen molar-refractivity contribution in [2.24, 2.45) is 0 Å². The van der Waals surface area contributed by atoms with Gasteiger partial charge in [-0.2, -0.15) is 0 Å². The summed E-state index contributed by atoms with van der Waals surface area (Å²) >= 11 is 11.6. The van der Waals surface area contributed by atoms with Gasteiger partial charge in [-0.15, -0.1) is 0 Å². The molecule has 5 nitrogen and oxygen atoms in total. The lowest BCUT2D eigenvalue weighted by molar-refractivity contribution is 0.601. The van der Waals surface area contributed by atoms with E-state index in [4.69, 9.17) is 23.2 Å². The van der Waals surface area contributed by atoms with Gasteiger partial charge in [-0.1, -0.05) is 23.2 Å². The molecule has 0 aliphatic heterocycles. The Balaban J connectivity index is 2.48. The third-order valence-corrected chi connectivity index (χ3v) is 4.56. The summed E-state index contributed by atoms with van der Waals surface area (Å²) < 4.78 is 40.1. The number of nitrogens with one attached hydrogen (secondary N) is 2. The molecule has 112 valence electrons. The molecule has 9 heteroatoms. The van der Waals surface area contributed by atoms with E-state index in [1.807, 2.05) is 0 Å². The number of hydrogen-bond acceptors (Lipinski definition) is 4. The largest absolute Gasteiger partial charge is 0.387 e. The van der Waals surface area contributed by atoms with Crippen LogP contribution in [-0.4, -0.2) is 20.4 Å². The van der Waals surface area contributed by atoms with Crippen molar-refractivity contribution in [3.8, 4) is 0 Å². The predicted octanol–water partition coefficient (Wildman–Crippen LogP) is 3.37. The molecule has 0 amide bonds. The number of nitrogens with zero attached hydrogens (tertiary/aromatic N) is 1. The molecule has 0 aliphatic carbocycles. The zero-order valence-electron chi connectivity index (χ0n) is 10.7. The molecule has 0 aliphatic rings. The first-order chi connectivity index (χ1) is 9.85. The van der Waals surface area contributed by atoms with Crippen LogP contribution in [0.1, 0.15) is 0 Å². The molecule has 0 spiro atoms. The molecule has 0 bridgehead atoms. The van der Waals surface area contributed by atoms with E-state index in [0.29, 0.717) is 5.69 Å². The summed E-state index contributed by atoms with van der Waals surface area (Å²) in [4.78, 5) is 3.70. The van der Waals surface area contributed by atoms with Gasteiger partial charge >= 0.3 is 0 Å². The van der Waals surface area contributed by atoms with Gasteiger partial charge in [-0.25, -0.2) is 12.8 Å². The van der Waals surface area contributed by atoms with E-state index in [9.17, 15) is 12.8 Å². The molecular formula is C12H10Cl2FN3O2S. The first-order valence-electron chi connectivity index (χ1n) is 5.64. The fourth-order valence-electron chi connectivity index (χ4n) is 1.63. The van der Waals surface area contributed by atoms with Crippen LogP contribution < -0.4 is 10.0 Å². The summed E-state index contributed by atoms with van der Waals surface area (Å²) in [6.45, 7) is 0. The number of rotatable bonds is 4. The molecule has 1 aromatic heterocycles. The van der Waals surface area contributed by atoms with E-state index in [1.54, 1.807) is 7.05 Å². The van der Waals surface area contributed by atoms with Crippen molar-refractivity contribution >= 4 is 44.6 Å². The van der Waals surface area contributed by atoms with Crippen molar-refractivity contribution in [1.29, 1.82) is 0 Å². The van der Waals surface area contributed by atoms with Crippen molar-refractivity contribution in [1.82, 2.24) is 4.98 Å². The minimum atomic E-state index is -3.98. The number of aromatic nitrogens is 1. The van der Waals surface area contributed by atoms with E-state index in [2.05, 4.69) is 15.0 Å². The maximum absolute atomic E-state index is 13.1. The van der Waals surface area contributed by atoms with Crippen molar-refractivity contribution in [3.63, 3.8) is 0 Å². The maximum atomic E-state index is 13.1. The molecule has 2 rings (SSSR count). The standard InChI is InChI=1S/C12H10Cl2FN3O2S/c1-16-10-2-3-17-6-11(10)21(19,20)18-12-8(13)4-7(15)5-9(12)14/h2-6,18H,1H3,(H,16,17). The Morgan fingerprint density at radius 1 is 1.24 bits per heavy atom. The highest BCUT2D eigenvalue weighted by molar-refractivity contribution is 7.93. The number of sulfonamides is 1. The number of pyridine rings is 1. The van der Waals surface area contributed by atoms with Crippen LogP contribution in [0, 0.1) is 5.82 Å². The van der Waals surface area contributed by atoms with Gasteiger partial charge in [0.1, 0.15) is 10.7 Å². The fraction of sp³-hybridized carbons (Fsp3) is 0.0833. The Hall–Kier alpha value is -1.57. The van der Waals surface area contributed by atoms with Crippen LogP contribution in [0.2, 0.25) is 10.0 Å². The van der Waals surface area contributed by atoms with Gasteiger partial charge in [0.25, 0.3) is 10.0 Å². The lowest BCUT2D eigenvalue weighted by Gasteiger charge is -2.13. The van der Waals surface area contributed by atoms with E-state index in [-0.39, 0.29) is 20.6 Å². The molecule has 21 heavy (non-hydrogen) atoms. The summed E-state index contributed by atoms with van der Waals surface area (Å²) in [7, 11) is -2.40. The maximum Gasteiger partial charge on any atom is 0.265 e. The molecule has 0 saturated carbocycles. The van der Waals surface area contributed by atoms with Crippen LogP contribution in [0.5, 0.6) is 0 Å². The molecule has 0 fully saturated rings. The Morgan fingerprint density at radius 3 is 2.43 bits per heavy atom. The van der Waals surface area contributed by atoms with Gasteiger partial charge in [0, 0.05) is 19.4 Å². The molecule has 0 radical (unpaired) electrons. The Bertz CT molecular complexity index is 761. The predicted molar refractivity (Wildman–Crippen MR) is 81.0 cm³/mol. The van der Waals surface area contributed by atoms with Gasteiger partial charge in [0.2, 0.25) is 0 Å². The second-order valence-corrected chi connectivity index (χ2v) is 6.44. The third kappa shape index (κ3) is 3.37. The first-order valence-corrected chi connectivity index (χ1v) is 7.88. The van der Waals surface area contributed by atoms with E-state index >= 15 is 0 Å². The highest BCUT2D eigenvalue weighted by Crippen LogP contribution is 2.33. The van der Waals surface area contributed by atoms with Crippen LogP contribution in [0.15, 0.2) is 35.5 Å². The second kappa shape index (κ2) is 6.05. The SMILES string of the molecule is CNc1ccncc1S(=O)(=O)Nc1c(Cl)cc(F)cc1Cl. The number of halogens is 3. The Morgan fingerprint density at radius 2 is 1.86 bits per heavy atom. The van der Waals surface area contributed by atoms with Gasteiger partial charge < -0.3 is 5.32 Å². The van der Waals surface area contributed by atoms with Crippen molar-refractivity contribution in [2.75, 3.05) is 17.1 Å². The zero-order chi connectivity index (χ0) is 15.6. The summed E-state index contributed by atoms with van der Waals surface area (Å²) in [5.74, 6) is -0.662. The molecule has 0 saturated heterocycles. The summed E-state index contributed by atoms with van der Waals surface area (Å²) in [6.07, 6.45) is 2.63. The second-order valence-electron chi connectivity index (χ2n) is 3.97. The van der Waals surface area contributed by atoms with Crippen LogP contribution in [-0.2, 0) is 10.0 Å². The molecular weight excluding hydrogens is 340 g/mol. The third-order valence-electron chi connectivity index (χ3n) is 2.59. The summed E-state index contributed by atoms with van der Waals surface area (Å²) in [6, 6.07) is 3.43. The summed E-state index contributed by atoms with van der Waals surface area (Å²) in [5.41, 5.74) is 0.262. The average Bonchev–Trinajstić information content (AvgIpc) is 2.43. The number of anilines is 2. The van der Waals surface area contributed by atoms with Gasteiger partial charge in [0.05, 0.1) is 21.4 Å². The van der Waals surface area contributed by atoms with Gasteiger partial charge in [-0.05, 0) is 18.2 Å². The quantitative estimate of drug-likeness (QED) is 0.887. The van der Waals surface area contributed by atoms with Crippen LogP contribution in [0.3, 0.4) is 0 Å². The smallest absolute Gasteiger partial charge is 0.265 e. The van der Waals surface area contributed by atoms with Crippen LogP contribution in [0.25, 0.3) is 0 Å². The van der Waals surface area contributed by atoms with Crippen LogP contribution in [0.4, 0.5) is 15.8 Å². The summed E-state index contributed by atoms with van der Waals surface area (Å²) in [5, 5.41) is 2.46. The topological polar surface area (TPSA) is 71.1 Å². The zero-order valence-corrected chi connectivity index (χ0v) is 13.0. The lowest BCUT2D eigenvalue weighted by Crippen LogP contribution is -2.15. The van der Waals surface area contributed by atoms with E-state index in [1.165, 1.54) is 18.5 Å². The molecule has 0 unspecified atom stereocenters. The molecule has 2 aromatic rings. The van der Waals surface area contributed by atoms with Crippen molar-refractivity contribution in [3.05, 3.63) is 46.5 Å². The molecule has 1 aromatic carbocycles. The molecule has 1 heterocycles. The minimum Gasteiger partial charge on any atom is -0.387 e. The average molecular weight is 350 g/mol. The molecule has 2 N–H and O–H groups in total. The van der Waals surface area contributed by atoms with Crippen molar-refractivity contribution in [2.45, 2.75) is 4.90 Å². The highest BCUT2D eigenvalue weighted by Gasteiger charge is 2.21. The molecule has 0 atom stereocenters. The van der Waals surface area contributed by atoms with E-state index < -0.39 is 15.8 Å². The lowest BCUT2D eigenvalue weighted by atomic mass is 10.3.